The predicted octanol–water partition coefficient (Wildman–Crippen LogP) is 4.20. The highest BCUT2D eigenvalue weighted by molar-refractivity contribution is 7.99. The maximum atomic E-state index is 12.8. The summed E-state index contributed by atoms with van der Waals surface area (Å²) in [6.45, 7) is 2.52. The molecule has 0 aliphatic rings. The van der Waals surface area contributed by atoms with E-state index >= 15 is 0 Å². The van der Waals surface area contributed by atoms with Crippen LogP contribution in [0.25, 0.3) is 10.9 Å². The summed E-state index contributed by atoms with van der Waals surface area (Å²) in [4.78, 5) is 29.8. The summed E-state index contributed by atoms with van der Waals surface area (Å²) in [5.74, 6) is 0.487. The lowest BCUT2D eigenvalue weighted by molar-refractivity contribution is -0.113. The van der Waals surface area contributed by atoms with Gasteiger partial charge in [-0.1, -0.05) is 42.4 Å². The quantitative estimate of drug-likeness (QED) is 0.460. The van der Waals surface area contributed by atoms with E-state index in [0.717, 1.165) is 6.42 Å². The summed E-state index contributed by atoms with van der Waals surface area (Å²) in [6.07, 6.45) is 0.779. The van der Waals surface area contributed by atoms with Gasteiger partial charge < -0.3 is 10.1 Å². The normalized spacial score (nSPS) is 10.8. The Labute approximate surface area is 171 Å². The number of anilines is 1. The van der Waals surface area contributed by atoms with Crippen LogP contribution in [0.15, 0.2) is 52.4 Å². The number of rotatable bonds is 7. The largest absolute Gasteiger partial charge is 0.495 e. The molecule has 0 saturated heterocycles. The number of carbonyl (C=O) groups excluding carboxylic acids is 1. The average Bonchev–Trinajstić information content (AvgIpc) is 2.69. The minimum Gasteiger partial charge on any atom is -0.495 e. The Balaban J connectivity index is 1.83. The number of para-hydroxylation sites is 2. The van der Waals surface area contributed by atoms with Gasteiger partial charge in [-0.2, -0.15) is 0 Å². The second-order valence-corrected chi connectivity index (χ2v) is 7.43. The lowest BCUT2D eigenvalue weighted by atomic mass is 10.2. The number of benzene rings is 2. The molecule has 0 unspecified atom stereocenters. The minimum absolute atomic E-state index is 0.111. The second-order valence-electron chi connectivity index (χ2n) is 6.05. The molecule has 0 aliphatic carbocycles. The SMILES string of the molecule is CCCn1c(SCC(=O)Nc2ccccc2OC)nc2cc(Cl)ccc2c1=O. The number of aromatic nitrogens is 2. The van der Waals surface area contributed by atoms with Gasteiger partial charge in [-0.25, -0.2) is 4.98 Å². The third kappa shape index (κ3) is 4.48. The first-order chi connectivity index (χ1) is 13.5. The van der Waals surface area contributed by atoms with Gasteiger partial charge in [-0.05, 0) is 36.8 Å². The number of hydrogen-bond donors (Lipinski definition) is 1. The van der Waals surface area contributed by atoms with Crippen LogP contribution >= 0.6 is 23.4 Å². The number of nitrogens with zero attached hydrogens (tertiary/aromatic N) is 2. The van der Waals surface area contributed by atoms with E-state index in [1.54, 1.807) is 42.0 Å². The minimum atomic E-state index is -0.210. The number of amides is 1. The van der Waals surface area contributed by atoms with Crippen LogP contribution in [0, 0.1) is 0 Å². The fourth-order valence-corrected chi connectivity index (χ4v) is 3.76. The first-order valence-electron chi connectivity index (χ1n) is 8.79. The van der Waals surface area contributed by atoms with Crippen LogP contribution in [0.5, 0.6) is 5.75 Å². The summed E-state index contributed by atoms with van der Waals surface area (Å²) in [5.41, 5.74) is 0.994. The van der Waals surface area contributed by atoms with Crippen LogP contribution in [0.1, 0.15) is 13.3 Å². The molecule has 1 heterocycles. The van der Waals surface area contributed by atoms with E-state index in [1.807, 2.05) is 19.1 Å². The van der Waals surface area contributed by atoms with Crippen molar-refractivity contribution < 1.29 is 9.53 Å². The van der Waals surface area contributed by atoms with Crippen molar-refractivity contribution >= 4 is 45.9 Å². The number of nitrogens with one attached hydrogen (secondary N) is 1. The highest BCUT2D eigenvalue weighted by atomic mass is 35.5. The fraction of sp³-hybridized carbons (Fsp3) is 0.250. The van der Waals surface area contributed by atoms with Crippen LogP contribution < -0.4 is 15.6 Å². The molecule has 3 aromatic rings. The molecule has 1 amide bonds. The number of thioether (sulfide) groups is 1. The molecular weight excluding hydrogens is 398 g/mol. The maximum absolute atomic E-state index is 12.8. The Morgan fingerprint density at radius 3 is 2.82 bits per heavy atom. The third-order valence-corrected chi connectivity index (χ3v) is 5.25. The van der Waals surface area contributed by atoms with E-state index in [4.69, 9.17) is 16.3 Å². The van der Waals surface area contributed by atoms with Gasteiger partial charge in [-0.3, -0.25) is 14.2 Å². The van der Waals surface area contributed by atoms with Gasteiger partial charge in [0.25, 0.3) is 5.56 Å². The van der Waals surface area contributed by atoms with Crippen LogP contribution in [0.3, 0.4) is 0 Å². The van der Waals surface area contributed by atoms with Crippen molar-refractivity contribution in [1.82, 2.24) is 9.55 Å². The smallest absolute Gasteiger partial charge is 0.262 e. The number of fused-ring (bicyclic) bond motifs is 1. The Bertz CT molecular complexity index is 1070. The zero-order valence-electron chi connectivity index (χ0n) is 15.6. The van der Waals surface area contributed by atoms with E-state index in [2.05, 4.69) is 10.3 Å². The van der Waals surface area contributed by atoms with Crippen LogP contribution in [-0.2, 0) is 11.3 Å². The zero-order valence-corrected chi connectivity index (χ0v) is 17.1. The van der Waals surface area contributed by atoms with Gasteiger partial charge in [0.1, 0.15) is 5.75 Å². The number of ether oxygens (including phenoxy) is 1. The van der Waals surface area contributed by atoms with Crippen molar-refractivity contribution in [2.24, 2.45) is 0 Å². The van der Waals surface area contributed by atoms with E-state index in [-0.39, 0.29) is 17.2 Å². The van der Waals surface area contributed by atoms with Gasteiger partial charge in [0.05, 0.1) is 29.5 Å². The molecule has 0 spiro atoms. The van der Waals surface area contributed by atoms with E-state index in [9.17, 15) is 9.59 Å². The molecule has 0 saturated carbocycles. The molecule has 0 bridgehead atoms. The van der Waals surface area contributed by atoms with Gasteiger partial charge >= 0.3 is 0 Å². The van der Waals surface area contributed by atoms with Gasteiger partial charge in [0, 0.05) is 11.6 Å². The molecule has 3 rings (SSSR count). The number of halogens is 1. The molecule has 1 aromatic heterocycles. The predicted molar refractivity (Wildman–Crippen MR) is 114 cm³/mol. The van der Waals surface area contributed by atoms with Crippen LogP contribution in [0.2, 0.25) is 5.02 Å². The van der Waals surface area contributed by atoms with Gasteiger partial charge in [-0.15, -0.1) is 0 Å². The van der Waals surface area contributed by atoms with Crippen LogP contribution in [-0.4, -0.2) is 28.3 Å². The fourth-order valence-electron chi connectivity index (χ4n) is 2.77. The molecule has 2 aromatic carbocycles. The lowest BCUT2D eigenvalue weighted by Gasteiger charge is -2.13. The second kappa shape index (κ2) is 9.12. The molecule has 1 N–H and O–H groups in total. The van der Waals surface area contributed by atoms with Gasteiger partial charge in [0.2, 0.25) is 5.91 Å². The Hall–Kier alpha value is -2.51. The van der Waals surface area contributed by atoms with Crippen LogP contribution in [0.4, 0.5) is 5.69 Å². The van der Waals surface area contributed by atoms with Crippen molar-refractivity contribution in [3.05, 3.63) is 57.8 Å². The molecular formula is C20H20ClN3O3S. The topological polar surface area (TPSA) is 73.2 Å². The highest BCUT2D eigenvalue weighted by Crippen LogP contribution is 2.24. The van der Waals surface area contributed by atoms with Crippen molar-refractivity contribution in [1.29, 1.82) is 0 Å². The van der Waals surface area contributed by atoms with E-state index in [1.165, 1.54) is 11.8 Å². The van der Waals surface area contributed by atoms with E-state index in [0.29, 0.717) is 39.1 Å². The Morgan fingerprint density at radius 2 is 2.07 bits per heavy atom. The summed E-state index contributed by atoms with van der Waals surface area (Å²) in [7, 11) is 1.55. The van der Waals surface area contributed by atoms with Crippen molar-refractivity contribution in [3.63, 3.8) is 0 Å². The summed E-state index contributed by atoms with van der Waals surface area (Å²) >= 11 is 7.26. The standard InChI is InChI=1S/C20H20ClN3O3S/c1-3-10-24-19(26)14-9-8-13(21)11-16(14)23-20(24)28-12-18(25)22-15-6-4-5-7-17(15)27-2/h4-9,11H,3,10,12H2,1-2H3,(H,22,25). The molecule has 0 atom stereocenters. The summed E-state index contributed by atoms with van der Waals surface area (Å²) in [5, 5.41) is 4.35. The van der Waals surface area contributed by atoms with Crippen molar-refractivity contribution in [2.45, 2.75) is 25.0 Å². The number of methoxy groups -OCH3 is 1. The first-order valence-corrected chi connectivity index (χ1v) is 10.2. The molecule has 0 fully saturated rings. The summed E-state index contributed by atoms with van der Waals surface area (Å²) < 4.78 is 6.85. The van der Waals surface area contributed by atoms with Crippen molar-refractivity contribution in [3.8, 4) is 5.75 Å². The molecule has 0 aliphatic heterocycles. The Morgan fingerprint density at radius 1 is 1.29 bits per heavy atom. The molecule has 0 radical (unpaired) electrons. The maximum Gasteiger partial charge on any atom is 0.262 e. The molecule has 8 heteroatoms. The molecule has 146 valence electrons. The van der Waals surface area contributed by atoms with E-state index < -0.39 is 0 Å². The van der Waals surface area contributed by atoms with Gasteiger partial charge in [0.15, 0.2) is 5.16 Å². The molecule has 28 heavy (non-hydrogen) atoms. The molecule has 6 nitrogen and oxygen atoms in total. The Kier molecular flexibility index (Phi) is 6.59. The zero-order chi connectivity index (χ0) is 20.1. The lowest BCUT2D eigenvalue weighted by Crippen LogP contribution is -2.24. The highest BCUT2D eigenvalue weighted by Gasteiger charge is 2.14. The monoisotopic (exact) mass is 417 g/mol. The number of hydrogen-bond acceptors (Lipinski definition) is 5. The summed E-state index contributed by atoms with van der Waals surface area (Å²) in [6, 6.07) is 12.2. The third-order valence-electron chi connectivity index (χ3n) is 4.04. The van der Waals surface area contributed by atoms with Crippen molar-refractivity contribution in [2.75, 3.05) is 18.2 Å². The first kappa shape index (κ1) is 20.2. The average molecular weight is 418 g/mol. The number of carbonyl (C=O) groups is 1.